The van der Waals surface area contributed by atoms with Gasteiger partial charge in [-0.15, -0.1) is 0 Å². The van der Waals surface area contributed by atoms with E-state index in [0.29, 0.717) is 35.9 Å². The van der Waals surface area contributed by atoms with Crippen LogP contribution in [0.5, 0.6) is 0 Å². The quantitative estimate of drug-likeness (QED) is 0.136. The van der Waals surface area contributed by atoms with Crippen LogP contribution in [-0.2, 0) is 22.9 Å². The summed E-state index contributed by atoms with van der Waals surface area (Å²) in [5, 5.41) is 17.6. The zero-order chi connectivity index (χ0) is 23.9. The summed E-state index contributed by atoms with van der Waals surface area (Å²) in [5.41, 5.74) is -1.04. The summed E-state index contributed by atoms with van der Waals surface area (Å²) in [6, 6.07) is 1.25. The van der Waals surface area contributed by atoms with Gasteiger partial charge in [0.05, 0.1) is 39.1 Å². The Bertz CT molecular complexity index is 823. The van der Waals surface area contributed by atoms with Crippen molar-refractivity contribution >= 4 is 51.0 Å². The van der Waals surface area contributed by atoms with Crippen molar-refractivity contribution < 1.29 is 33.1 Å². The number of ether oxygens (including phenoxy) is 1. The van der Waals surface area contributed by atoms with Gasteiger partial charge < -0.3 is 14.9 Å². The van der Waals surface area contributed by atoms with Crippen molar-refractivity contribution in [3.63, 3.8) is 0 Å². The average molecular weight is 565 g/mol. The van der Waals surface area contributed by atoms with Crippen molar-refractivity contribution in [3.8, 4) is 0 Å². The van der Waals surface area contributed by atoms with E-state index in [9.17, 15) is 14.2 Å². The lowest BCUT2D eigenvalue weighted by Crippen LogP contribution is -2.31. The average Bonchev–Trinajstić information content (AvgIpc) is 3.26. The zero-order valence-electron chi connectivity index (χ0n) is 17.9. The van der Waals surface area contributed by atoms with Crippen LogP contribution in [-0.4, -0.2) is 81.9 Å². The molecule has 0 amide bonds. The van der Waals surface area contributed by atoms with Gasteiger partial charge in [0.1, 0.15) is 6.23 Å². The molecule has 1 saturated heterocycles. The molecule has 0 bridgehead atoms. The first-order valence-corrected chi connectivity index (χ1v) is 16.6. The molecule has 11 nitrogen and oxygen atoms in total. The maximum absolute atomic E-state index is 13.1. The summed E-state index contributed by atoms with van der Waals surface area (Å²) in [4.78, 5) is 25.4. The first-order chi connectivity index (χ1) is 16.0. The molecule has 0 aliphatic carbocycles. The largest absolute Gasteiger partial charge is 0.474 e. The van der Waals surface area contributed by atoms with E-state index in [1.165, 1.54) is 60.0 Å². The van der Waals surface area contributed by atoms with Crippen LogP contribution in [0.3, 0.4) is 0 Å². The van der Waals surface area contributed by atoms with Crippen molar-refractivity contribution in [2.24, 2.45) is 0 Å². The molecule has 33 heavy (non-hydrogen) atoms. The molecular weight excluding hydrogens is 535 g/mol. The van der Waals surface area contributed by atoms with Crippen LogP contribution in [0, 0.1) is 0 Å². The molecule has 2 heterocycles. The lowest BCUT2D eigenvalue weighted by molar-refractivity contribution is -0.0274. The molecule has 190 valence electrons. The number of H-pyrrole nitrogens is 1. The summed E-state index contributed by atoms with van der Waals surface area (Å²) in [7, 11) is 2.11. The highest BCUT2D eigenvalue weighted by Gasteiger charge is 2.32. The molecule has 1 aromatic rings. The molecule has 2 atom stereocenters. The number of nitrogens with one attached hydrogen (secondary N) is 1. The predicted molar refractivity (Wildman–Crippen MR) is 134 cm³/mol. The van der Waals surface area contributed by atoms with Crippen molar-refractivity contribution in [1.29, 1.82) is 0 Å². The number of phosphoric acid groups is 1. The van der Waals surface area contributed by atoms with Crippen molar-refractivity contribution in [1.82, 2.24) is 9.55 Å². The lowest BCUT2D eigenvalue weighted by Gasteiger charge is -2.20. The van der Waals surface area contributed by atoms with Crippen molar-refractivity contribution in [2.75, 3.05) is 56.0 Å². The van der Waals surface area contributed by atoms with E-state index in [0.717, 1.165) is 0 Å². The van der Waals surface area contributed by atoms with E-state index in [2.05, 4.69) is 4.98 Å². The summed E-state index contributed by atoms with van der Waals surface area (Å²) in [6.45, 7) is 0.428. The number of rotatable bonds is 18. The fourth-order valence-electron chi connectivity index (χ4n) is 2.63. The molecule has 0 spiro atoms. The van der Waals surface area contributed by atoms with Crippen LogP contribution < -0.4 is 11.2 Å². The van der Waals surface area contributed by atoms with E-state index in [-0.39, 0.29) is 33.0 Å². The predicted octanol–water partition coefficient (Wildman–Crippen LogP) is 2.12. The maximum Gasteiger partial charge on any atom is 0.474 e. The highest BCUT2D eigenvalue weighted by atomic mass is 33.1. The van der Waals surface area contributed by atoms with Crippen LogP contribution in [0.2, 0.25) is 0 Å². The Hall–Kier alpha value is 0.0700. The molecule has 0 saturated carbocycles. The van der Waals surface area contributed by atoms with Gasteiger partial charge in [0.2, 0.25) is 0 Å². The molecule has 0 unspecified atom stereocenters. The zero-order valence-corrected chi connectivity index (χ0v) is 22.0. The molecule has 2 rings (SSSR count). The van der Waals surface area contributed by atoms with Gasteiger partial charge in [0, 0.05) is 35.3 Å². The van der Waals surface area contributed by atoms with Gasteiger partial charge in [-0.25, -0.2) is 9.36 Å². The molecule has 3 N–H and O–H groups in total. The topological polar surface area (TPSA) is 149 Å². The van der Waals surface area contributed by atoms with Crippen LogP contribution in [0.4, 0.5) is 0 Å². The summed E-state index contributed by atoms with van der Waals surface area (Å²) >= 11 is 0. The number of nitrogens with zero attached hydrogens (tertiary/aromatic N) is 1. The van der Waals surface area contributed by atoms with Gasteiger partial charge in [-0.1, -0.05) is 43.2 Å². The molecular formula is C17H29N2O9PS4. The smallest absolute Gasteiger partial charge is 0.395 e. The normalized spacial score (nSPS) is 18.7. The van der Waals surface area contributed by atoms with E-state index >= 15 is 0 Å². The molecule has 1 fully saturated rings. The maximum atomic E-state index is 13.1. The number of aliphatic hydroxyl groups is 2. The first kappa shape index (κ1) is 29.3. The fraction of sp³-hybridized carbons (Fsp3) is 0.765. The highest BCUT2D eigenvalue weighted by Crippen LogP contribution is 2.50. The van der Waals surface area contributed by atoms with Gasteiger partial charge in [-0.2, -0.15) is 0 Å². The Kier molecular flexibility index (Phi) is 14.8. The van der Waals surface area contributed by atoms with E-state index < -0.39 is 31.4 Å². The summed E-state index contributed by atoms with van der Waals surface area (Å²) < 4.78 is 36.6. The van der Waals surface area contributed by atoms with Crippen LogP contribution in [0.15, 0.2) is 21.9 Å². The second kappa shape index (κ2) is 16.7. The second-order valence-corrected chi connectivity index (χ2v) is 13.5. The van der Waals surface area contributed by atoms with E-state index in [1.807, 2.05) is 0 Å². The SMILES string of the molecule is O=c1ccn([C@H]2CC[C@@H](COP(=O)(OCCSSCCO)OCCSSCCO)O2)c(=O)[nH]1. The molecule has 0 aromatic carbocycles. The fourth-order valence-corrected chi connectivity index (χ4v) is 7.27. The minimum atomic E-state index is -3.83. The molecule has 0 radical (unpaired) electrons. The number of aromatic amines is 1. The van der Waals surface area contributed by atoms with Crippen LogP contribution >= 0.6 is 51.0 Å². The molecule has 1 aliphatic rings. The minimum absolute atomic E-state index is 0.0370. The molecule has 1 aromatic heterocycles. The monoisotopic (exact) mass is 564 g/mol. The van der Waals surface area contributed by atoms with Crippen LogP contribution in [0.1, 0.15) is 19.1 Å². The number of aromatic nitrogens is 2. The van der Waals surface area contributed by atoms with Gasteiger partial charge in [0.15, 0.2) is 0 Å². The van der Waals surface area contributed by atoms with Gasteiger partial charge in [-0.3, -0.25) is 27.9 Å². The Morgan fingerprint density at radius 2 is 1.61 bits per heavy atom. The van der Waals surface area contributed by atoms with Crippen LogP contribution in [0.25, 0.3) is 0 Å². The Morgan fingerprint density at radius 3 is 2.18 bits per heavy atom. The third-order valence-electron chi connectivity index (χ3n) is 4.01. The Labute approximate surface area is 207 Å². The van der Waals surface area contributed by atoms with E-state index in [1.54, 1.807) is 0 Å². The van der Waals surface area contributed by atoms with Gasteiger partial charge in [-0.05, 0) is 12.8 Å². The second-order valence-electron chi connectivity index (χ2n) is 6.45. The van der Waals surface area contributed by atoms with Gasteiger partial charge in [0.25, 0.3) is 5.56 Å². The number of hydrogen-bond donors (Lipinski definition) is 3. The van der Waals surface area contributed by atoms with Crippen molar-refractivity contribution in [2.45, 2.75) is 25.2 Å². The summed E-state index contributed by atoms with van der Waals surface area (Å²) in [5.74, 6) is 2.27. The highest BCUT2D eigenvalue weighted by molar-refractivity contribution is 8.77. The Balaban J connectivity index is 1.82. The van der Waals surface area contributed by atoms with Gasteiger partial charge >= 0.3 is 13.5 Å². The standard InChI is InChI=1S/C17H29N2O9PS4/c20-5-9-30-32-11-7-25-29(24,26-8-12-33-31-10-6-21)27-13-14-1-2-16(28-14)19-4-3-15(22)18-17(19)23/h3-4,14,16,20-21H,1-2,5-13H2,(H,18,22,23)/t14-,16+/m0/s1. The third-order valence-corrected chi connectivity index (χ3v) is 10.2. The number of phosphoric ester groups is 1. The number of aliphatic hydroxyl groups excluding tert-OH is 2. The van der Waals surface area contributed by atoms with Crippen molar-refractivity contribution in [3.05, 3.63) is 33.1 Å². The summed E-state index contributed by atoms with van der Waals surface area (Å²) in [6.07, 6.45) is 1.51. The molecule has 16 heteroatoms. The first-order valence-electron chi connectivity index (χ1n) is 10.2. The molecule has 1 aliphatic heterocycles. The lowest BCUT2D eigenvalue weighted by atomic mass is 10.2. The number of hydrogen-bond acceptors (Lipinski definition) is 13. The Morgan fingerprint density at radius 1 is 1.00 bits per heavy atom. The van der Waals surface area contributed by atoms with E-state index in [4.69, 9.17) is 28.5 Å². The minimum Gasteiger partial charge on any atom is -0.395 e. The third kappa shape index (κ3) is 11.6.